The van der Waals surface area contributed by atoms with E-state index in [1.807, 2.05) is 0 Å². The molecule has 3 N–H and O–H groups in total. The van der Waals surface area contributed by atoms with Crippen LogP contribution in [0.2, 0.25) is 0 Å². The summed E-state index contributed by atoms with van der Waals surface area (Å²) in [5.41, 5.74) is 0.951. The standard InChI is InChI=1S/C27H32BrNO4/c1-2-3-4-5-6-7-8-11-16-29-24(21-17-18(28)14-15-22(21)30)23-25(31)19-12-9-10-13-20(19)26(32)27(23)33/h9-10,12-15,17,24,29-31H,2-8,11,16H2,1H3. The van der Waals surface area contributed by atoms with Crippen LogP contribution in [0.15, 0.2) is 52.5 Å². The van der Waals surface area contributed by atoms with Crippen molar-refractivity contribution >= 4 is 33.3 Å². The molecule has 0 saturated carbocycles. The number of carbonyl (C=O) groups is 2. The number of hydrogen-bond acceptors (Lipinski definition) is 5. The Morgan fingerprint density at radius 1 is 0.848 bits per heavy atom. The lowest BCUT2D eigenvalue weighted by Gasteiger charge is -2.26. The van der Waals surface area contributed by atoms with Crippen LogP contribution in [0.1, 0.15) is 85.8 Å². The summed E-state index contributed by atoms with van der Waals surface area (Å²) in [6.07, 6.45) is 9.37. The van der Waals surface area contributed by atoms with Crippen LogP contribution in [0.5, 0.6) is 5.75 Å². The number of unbranched alkanes of at least 4 members (excludes halogenated alkanes) is 7. The zero-order valence-corrected chi connectivity index (χ0v) is 20.7. The molecule has 3 rings (SSSR count). The highest BCUT2D eigenvalue weighted by Gasteiger charge is 2.38. The summed E-state index contributed by atoms with van der Waals surface area (Å²) < 4.78 is 0.726. The Labute approximate surface area is 204 Å². The number of Topliss-reactive ketones (excluding diaryl/α,β-unsaturated/α-hetero) is 2. The quantitative estimate of drug-likeness (QED) is 0.218. The fourth-order valence-corrected chi connectivity index (χ4v) is 4.66. The van der Waals surface area contributed by atoms with Gasteiger partial charge in [0.2, 0.25) is 11.6 Å². The van der Waals surface area contributed by atoms with Crippen molar-refractivity contribution in [1.29, 1.82) is 0 Å². The number of phenols is 1. The van der Waals surface area contributed by atoms with Gasteiger partial charge in [-0.15, -0.1) is 0 Å². The molecule has 0 amide bonds. The Kier molecular flexibility index (Phi) is 9.27. The predicted octanol–water partition coefficient (Wildman–Crippen LogP) is 6.66. The number of phenolic OH excluding ortho intramolecular Hbond substituents is 1. The Morgan fingerprint density at radius 2 is 1.48 bits per heavy atom. The van der Waals surface area contributed by atoms with Gasteiger partial charge in [0.25, 0.3) is 0 Å². The maximum Gasteiger partial charge on any atom is 0.235 e. The summed E-state index contributed by atoms with van der Waals surface area (Å²) in [5, 5.41) is 24.9. The molecule has 1 aliphatic carbocycles. The van der Waals surface area contributed by atoms with Gasteiger partial charge in [0.15, 0.2) is 0 Å². The van der Waals surface area contributed by atoms with Gasteiger partial charge in [-0.05, 0) is 31.2 Å². The van der Waals surface area contributed by atoms with Crippen LogP contribution in [0.4, 0.5) is 0 Å². The SMILES string of the molecule is CCCCCCCCCCNC(C1=C(O)c2ccccc2C(=O)C1=O)c1cc(Br)ccc1O. The molecule has 33 heavy (non-hydrogen) atoms. The third-order valence-corrected chi connectivity index (χ3v) is 6.59. The highest BCUT2D eigenvalue weighted by molar-refractivity contribution is 9.10. The summed E-state index contributed by atoms with van der Waals surface area (Å²) in [4.78, 5) is 25.9. The van der Waals surface area contributed by atoms with Crippen LogP contribution in [0.3, 0.4) is 0 Å². The summed E-state index contributed by atoms with van der Waals surface area (Å²) >= 11 is 3.42. The number of hydrogen-bond donors (Lipinski definition) is 3. The highest BCUT2D eigenvalue weighted by atomic mass is 79.9. The Morgan fingerprint density at radius 3 is 2.18 bits per heavy atom. The Bertz CT molecular complexity index is 1030. The molecule has 0 saturated heterocycles. The molecule has 0 spiro atoms. The number of carbonyl (C=O) groups excluding carboxylic acids is 2. The van der Waals surface area contributed by atoms with Crippen molar-refractivity contribution in [2.75, 3.05) is 6.54 Å². The number of rotatable bonds is 12. The zero-order valence-electron chi connectivity index (χ0n) is 19.1. The van der Waals surface area contributed by atoms with E-state index in [1.54, 1.807) is 36.4 Å². The maximum atomic E-state index is 13.1. The molecule has 6 heteroatoms. The summed E-state index contributed by atoms with van der Waals surface area (Å²) in [7, 11) is 0. The number of nitrogens with one attached hydrogen (secondary N) is 1. The highest BCUT2D eigenvalue weighted by Crippen LogP contribution is 2.38. The normalized spacial score (nSPS) is 14.5. The number of fused-ring (bicyclic) bond motifs is 1. The van der Waals surface area contributed by atoms with Crippen LogP contribution in [0, 0.1) is 0 Å². The van der Waals surface area contributed by atoms with Gasteiger partial charge in [0, 0.05) is 21.2 Å². The van der Waals surface area contributed by atoms with E-state index in [0.29, 0.717) is 17.7 Å². The van der Waals surface area contributed by atoms with Crippen molar-refractivity contribution in [3.8, 4) is 5.75 Å². The van der Waals surface area contributed by atoms with Gasteiger partial charge in [0.1, 0.15) is 11.5 Å². The van der Waals surface area contributed by atoms with E-state index in [1.165, 1.54) is 38.2 Å². The zero-order chi connectivity index (χ0) is 23.8. The minimum atomic E-state index is -0.808. The first kappa shape index (κ1) is 25.2. The molecule has 2 aromatic carbocycles. The first-order valence-electron chi connectivity index (χ1n) is 11.8. The molecule has 176 valence electrons. The number of ketones is 2. The predicted molar refractivity (Wildman–Crippen MR) is 134 cm³/mol. The van der Waals surface area contributed by atoms with Crippen molar-refractivity contribution in [2.24, 2.45) is 0 Å². The fraction of sp³-hybridized carbons (Fsp3) is 0.407. The van der Waals surface area contributed by atoms with E-state index in [-0.39, 0.29) is 22.6 Å². The summed E-state index contributed by atoms with van der Waals surface area (Å²) in [6, 6.07) is 10.7. The van der Waals surface area contributed by atoms with E-state index in [4.69, 9.17) is 0 Å². The molecule has 2 aromatic rings. The fourth-order valence-electron chi connectivity index (χ4n) is 4.28. The Hall–Kier alpha value is -2.44. The second-order valence-corrected chi connectivity index (χ2v) is 9.45. The second-order valence-electron chi connectivity index (χ2n) is 8.53. The van der Waals surface area contributed by atoms with E-state index < -0.39 is 17.6 Å². The third-order valence-electron chi connectivity index (χ3n) is 6.10. The van der Waals surface area contributed by atoms with Crippen LogP contribution >= 0.6 is 15.9 Å². The lowest BCUT2D eigenvalue weighted by Crippen LogP contribution is -2.34. The maximum absolute atomic E-state index is 13.1. The molecular weight excluding hydrogens is 482 g/mol. The molecule has 0 radical (unpaired) electrons. The van der Waals surface area contributed by atoms with E-state index in [9.17, 15) is 19.8 Å². The van der Waals surface area contributed by atoms with E-state index >= 15 is 0 Å². The van der Waals surface area contributed by atoms with Gasteiger partial charge in [-0.2, -0.15) is 0 Å². The first-order valence-corrected chi connectivity index (χ1v) is 12.6. The third kappa shape index (κ3) is 6.12. The summed E-state index contributed by atoms with van der Waals surface area (Å²) in [6.45, 7) is 2.80. The van der Waals surface area contributed by atoms with Crippen molar-refractivity contribution in [3.63, 3.8) is 0 Å². The molecule has 0 fully saturated rings. The average molecular weight is 514 g/mol. The van der Waals surface area contributed by atoms with Gasteiger partial charge in [-0.1, -0.05) is 92.1 Å². The number of halogens is 1. The molecule has 0 bridgehead atoms. The van der Waals surface area contributed by atoms with Gasteiger partial charge >= 0.3 is 0 Å². The number of aliphatic hydroxyl groups is 1. The van der Waals surface area contributed by atoms with Crippen molar-refractivity contribution < 1.29 is 19.8 Å². The molecule has 0 heterocycles. The molecule has 5 nitrogen and oxygen atoms in total. The molecule has 1 atom stereocenters. The topological polar surface area (TPSA) is 86.6 Å². The van der Waals surface area contributed by atoms with Crippen molar-refractivity contribution in [1.82, 2.24) is 5.32 Å². The van der Waals surface area contributed by atoms with E-state index in [2.05, 4.69) is 28.2 Å². The smallest absolute Gasteiger partial charge is 0.235 e. The van der Waals surface area contributed by atoms with Crippen LogP contribution in [-0.4, -0.2) is 28.3 Å². The van der Waals surface area contributed by atoms with Crippen LogP contribution in [-0.2, 0) is 4.79 Å². The molecule has 0 aliphatic heterocycles. The Balaban J connectivity index is 1.81. The number of benzene rings is 2. The molecule has 1 unspecified atom stereocenters. The van der Waals surface area contributed by atoms with Gasteiger partial charge in [-0.3, -0.25) is 9.59 Å². The molecule has 1 aliphatic rings. The second kappa shape index (κ2) is 12.1. The minimum absolute atomic E-state index is 0.00830. The van der Waals surface area contributed by atoms with E-state index in [0.717, 1.165) is 23.7 Å². The first-order chi connectivity index (χ1) is 16.0. The lowest BCUT2D eigenvalue weighted by molar-refractivity contribution is -0.112. The van der Waals surface area contributed by atoms with Gasteiger partial charge < -0.3 is 15.5 Å². The van der Waals surface area contributed by atoms with Crippen molar-refractivity contribution in [3.05, 3.63) is 69.2 Å². The largest absolute Gasteiger partial charge is 0.508 e. The number of aromatic hydroxyl groups is 1. The minimum Gasteiger partial charge on any atom is -0.508 e. The van der Waals surface area contributed by atoms with Crippen molar-refractivity contribution in [2.45, 2.75) is 64.3 Å². The lowest BCUT2D eigenvalue weighted by atomic mass is 9.83. The average Bonchev–Trinajstić information content (AvgIpc) is 2.82. The monoisotopic (exact) mass is 513 g/mol. The van der Waals surface area contributed by atoms with Crippen LogP contribution < -0.4 is 5.32 Å². The van der Waals surface area contributed by atoms with Gasteiger partial charge in [-0.25, -0.2) is 0 Å². The summed E-state index contributed by atoms with van der Waals surface area (Å²) in [5.74, 6) is -1.63. The molecular formula is C27H32BrNO4. The van der Waals surface area contributed by atoms with Gasteiger partial charge in [0.05, 0.1) is 11.6 Å². The van der Waals surface area contributed by atoms with Crippen LogP contribution in [0.25, 0.3) is 5.76 Å². The molecule has 0 aromatic heterocycles. The number of aliphatic hydroxyl groups excluding tert-OH is 1.